The van der Waals surface area contributed by atoms with E-state index in [-0.39, 0.29) is 18.1 Å². The van der Waals surface area contributed by atoms with Crippen LogP contribution in [0.3, 0.4) is 0 Å². The van der Waals surface area contributed by atoms with E-state index in [1.165, 1.54) is 5.56 Å². The molecule has 2 atom stereocenters. The number of hydrogen-bond acceptors (Lipinski definition) is 1. The molecule has 0 aliphatic rings. The van der Waals surface area contributed by atoms with Crippen LogP contribution in [0.2, 0.25) is 0 Å². The first-order valence-electron chi connectivity index (χ1n) is 7.25. The van der Waals surface area contributed by atoms with Crippen LogP contribution < -0.4 is 10.6 Å². The quantitative estimate of drug-likeness (QED) is 0.870. The van der Waals surface area contributed by atoms with Gasteiger partial charge in [-0.1, -0.05) is 54.6 Å². The normalized spacial score (nSPS) is 13.3. The van der Waals surface area contributed by atoms with E-state index in [4.69, 9.17) is 0 Å². The van der Waals surface area contributed by atoms with Crippen molar-refractivity contribution in [2.75, 3.05) is 0 Å². The minimum absolute atomic E-state index is 0.0183. The van der Waals surface area contributed by atoms with Gasteiger partial charge in [0.05, 0.1) is 12.1 Å². The molecule has 3 heteroatoms. The van der Waals surface area contributed by atoms with E-state index in [2.05, 4.69) is 23.6 Å². The molecule has 2 aromatic carbocycles. The zero-order valence-electron chi connectivity index (χ0n) is 12.8. The Hall–Kier alpha value is -2.29. The third-order valence-corrected chi connectivity index (χ3v) is 3.65. The van der Waals surface area contributed by atoms with Crippen molar-refractivity contribution in [1.82, 2.24) is 10.6 Å². The molecule has 3 nitrogen and oxygen atoms in total. The molecule has 2 rings (SSSR count). The number of nitrogens with one attached hydrogen (secondary N) is 2. The predicted molar refractivity (Wildman–Crippen MR) is 86.1 cm³/mol. The second-order valence-corrected chi connectivity index (χ2v) is 5.33. The van der Waals surface area contributed by atoms with Crippen LogP contribution in [0.5, 0.6) is 0 Å². The monoisotopic (exact) mass is 282 g/mol. The van der Waals surface area contributed by atoms with Gasteiger partial charge in [0.2, 0.25) is 0 Å². The second-order valence-electron chi connectivity index (χ2n) is 5.33. The molecule has 0 saturated carbocycles. The summed E-state index contributed by atoms with van der Waals surface area (Å²) in [5.74, 6) is 0. The van der Waals surface area contributed by atoms with Gasteiger partial charge in [-0.2, -0.15) is 0 Å². The molecule has 0 aliphatic heterocycles. The lowest BCUT2D eigenvalue weighted by atomic mass is 10.0. The number of amides is 2. The fourth-order valence-electron chi connectivity index (χ4n) is 2.41. The van der Waals surface area contributed by atoms with Gasteiger partial charge in [0.25, 0.3) is 0 Å². The largest absolute Gasteiger partial charge is 0.332 e. The Morgan fingerprint density at radius 1 is 0.857 bits per heavy atom. The molecule has 0 unspecified atom stereocenters. The maximum Gasteiger partial charge on any atom is 0.315 e. The molecule has 2 aromatic rings. The Morgan fingerprint density at radius 2 is 1.43 bits per heavy atom. The molecule has 0 aliphatic carbocycles. The molecule has 0 heterocycles. The van der Waals surface area contributed by atoms with Gasteiger partial charge in [0, 0.05) is 0 Å². The van der Waals surface area contributed by atoms with E-state index in [1.54, 1.807) is 0 Å². The van der Waals surface area contributed by atoms with Crippen LogP contribution in [0, 0.1) is 6.92 Å². The summed E-state index contributed by atoms with van der Waals surface area (Å²) < 4.78 is 0. The molecule has 0 aromatic heterocycles. The maximum absolute atomic E-state index is 12.1. The van der Waals surface area contributed by atoms with Crippen molar-refractivity contribution in [1.29, 1.82) is 0 Å². The molecule has 0 spiro atoms. The zero-order valence-corrected chi connectivity index (χ0v) is 12.8. The fraction of sp³-hybridized carbons (Fsp3) is 0.278. The summed E-state index contributed by atoms with van der Waals surface area (Å²) in [7, 11) is 0. The van der Waals surface area contributed by atoms with Gasteiger partial charge in [-0.15, -0.1) is 0 Å². The van der Waals surface area contributed by atoms with E-state index in [0.717, 1.165) is 11.1 Å². The van der Waals surface area contributed by atoms with Crippen molar-refractivity contribution in [3.8, 4) is 0 Å². The van der Waals surface area contributed by atoms with Crippen molar-refractivity contribution < 1.29 is 4.79 Å². The SMILES string of the molecule is Cc1ccccc1[C@@H](C)NC(=O)N[C@@H](C)c1ccccc1. The van der Waals surface area contributed by atoms with Crippen LogP contribution >= 0.6 is 0 Å². The summed E-state index contributed by atoms with van der Waals surface area (Å²) in [4.78, 5) is 12.1. The highest BCUT2D eigenvalue weighted by molar-refractivity contribution is 5.75. The van der Waals surface area contributed by atoms with Gasteiger partial charge >= 0.3 is 6.03 Å². The molecule has 0 bridgehead atoms. The predicted octanol–water partition coefficient (Wildman–Crippen LogP) is 4.12. The number of aryl methyl sites for hydroxylation is 1. The number of urea groups is 1. The number of hydrogen-bond donors (Lipinski definition) is 2. The van der Waals surface area contributed by atoms with E-state index in [9.17, 15) is 4.79 Å². The van der Waals surface area contributed by atoms with Gasteiger partial charge in [0.15, 0.2) is 0 Å². The van der Waals surface area contributed by atoms with Crippen LogP contribution in [-0.4, -0.2) is 6.03 Å². The highest BCUT2D eigenvalue weighted by Crippen LogP contribution is 2.17. The number of carbonyl (C=O) groups is 1. The van der Waals surface area contributed by atoms with Gasteiger partial charge < -0.3 is 10.6 Å². The molecular weight excluding hydrogens is 260 g/mol. The van der Waals surface area contributed by atoms with Gasteiger partial charge in [0.1, 0.15) is 0 Å². The van der Waals surface area contributed by atoms with Crippen LogP contribution in [0.1, 0.15) is 42.6 Å². The van der Waals surface area contributed by atoms with E-state index in [1.807, 2.05) is 62.4 Å². The topological polar surface area (TPSA) is 41.1 Å². The molecular formula is C18H22N2O. The number of rotatable bonds is 4. The van der Waals surface area contributed by atoms with Crippen molar-refractivity contribution in [2.24, 2.45) is 0 Å². The summed E-state index contributed by atoms with van der Waals surface area (Å²) in [6, 6.07) is 17.8. The van der Waals surface area contributed by atoms with Crippen molar-refractivity contribution in [3.63, 3.8) is 0 Å². The summed E-state index contributed by atoms with van der Waals surface area (Å²) in [6.45, 7) is 6.03. The summed E-state index contributed by atoms with van der Waals surface area (Å²) in [6.07, 6.45) is 0. The highest BCUT2D eigenvalue weighted by atomic mass is 16.2. The van der Waals surface area contributed by atoms with Crippen molar-refractivity contribution in [3.05, 3.63) is 71.3 Å². The molecule has 0 saturated heterocycles. The smallest absolute Gasteiger partial charge is 0.315 e. The molecule has 0 radical (unpaired) electrons. The lowest BCUT2D eigenvalue weighted by Crippen LogP contribution is -2.38. The first kappa shape index (κ1) is 15.1. The Balaban J connectivity index is 1.94. The van der Waals surface area contributed by atoms with Crippen molar-refractivity contribution >= 4 is 6.03 Å². The minimum Gasteiger partial charge on any atom is -0.332 e. The summed E-state index contributed by atoms with van der Waals surface area (Å²) >= 11 is 0. The molecule has 2 amide bonds. The molecule has 110 valence electrons. The summed E-state index contributed by atoms with van der Waals surface area (Å²) in [5, 5.41) is 5.95. The zero-order chi connectivity index (χ0) is 15.2. The van der Waals surface area contributed by atoms with Crippen molar-refractivity contribution in [2.45, 2.75) is 32.9 Å². The van der Waals surface area contributed by atoms with Gasteiger partial charge in [-0.05, 0) is 37.5 Å². The fourth-order valence-corrected chi connectivity index (χ4v) is 2.41. The lowest BCUT2D eigenvalue weighted by Gasteiger charge is -2.20. The number of carbonyl (C=O) groups excluding carboxylic acids is 1. The average molecular weight is 282 g/mol. The summed E-state index contributed by atoms with van der Waals surface area (Å²) in [5.41, 5.74) is 3.41. The first-order valence-corrected chi connectivity index (χ1v) is 7.25. The van der Waals surface area contributed by atoms with E-state index < -0.39 is 0 Å². The first-order chi connectivity index (χ1) is 10.1. The van der Waals surface area contributed by atoms with Gasteiger partial charge in [-0.3, -0.25) is 0 Å². The highest BCUT2D eigenvalue weighted by Gasteiger charge is 2.13. The maximum atomic E-state index is 12.1. The number of benzene rings is 2. The molecule has 21 heavy (non-hydrogen) atoms. The standard InChI is InChI=1S/C18H22N2O/c1-13-9-7-8-12-17(13)15(3)20-18(21)19-14(2)16-10-5-4-6-11-16/h4-12,14-15H,1-3H3,(H2,19,20,21)/t14-,15+/m0/s1. The van der Waals surface area contributed by atoms with E-state index >= 15 is 0 Å². The Morgan fingerprint density at radius 3 is 2.10 bits per heavy atom. The lowest BCUT2D eigenvalue weighted by molar-refractivity contribution is 0.235. The average Bonchev–Trinajstić information content (AvgIpc) is 2.48. The third kappa shape index (κ3) is 4.09. The molecule has 2 N–H and O–H groups in total. The third-order valence-electron chi connectivity index (χ3n) is 3.65. The van der Waals surface area contributed by atoms with Gasteiger partial charge in [-0.25, -0.2) is 4.79 Å². The van der Waals surface area contributed by atoms with E-state index in [0.29, 0.717) is 0 Å². The minimum atomic E-state index is -0.151. The van der Waals surface area contributed by atoms with Crippen LogP contribution in [0.25, 0.3) is 0 Å². The van der Waals surface area contributed by atoms with Crippen LogP contribution in [-0.2, 0) is 0 Å². The Labute approximate surface area is 126 Å². The Kier molecular flexibility index (Phi) is 4.99. The second kappa shape index (κ2) is 6.93. The van der Waals surface area contributed by atoms with Crippen LogP contribution in [0.15, 0.2) is 54.6 Å². The Bertz CT molecular complexity index is 595. The van der Waals surface area contributed by atoms with Crippen LogP contribution in [0.4, 0.5) is 4.79 Å². The molecule has 0 fully saturated rings.